The summed E-state index contributed by atoms with van der Waals surface area (Å²) in [5, 5.41) is 0. The summed E-state index contributed by atoms with van der Waals surface area (Å²) in [6, 6.07) is 8.04. The number of rotatable bonds is 6. The number of halogens is 3. The zero-order valence-electron chi connectivity index (χ0n) is 16.3. The topological polar surface area (TPSA) is 70.8 Å². The van der Waals surface area contributed by atoms with Crippen molar-refractivity contribution in [1.29, 1.82) is 0 Å². The van der Waals surface area contributed by atoms with Crippen molar-refractivity contribution >= 4 is 15.9 Å². The molecule has 2 aromatic rings. The van der Waals surface area contributed by atoms with Crippen molar-refractivity contribution in [3.05, 3.63) is 54.0 Å². The zero-order chi connectivity index (χ0) is 21.8. The van der Waals surface area contributed by atoms with E-state index < -0.39 is 28.7 Å². The maximum atomic E-state index is 13.0. The number of nitrogens with zero attached hydrogens (tertiary/aromatic N) is 2. The minimum atomic E-state index is -4.59. The van der Waals surface area contributed by atoms with Crippen molar-refractivity contribution in [1.82, 2.24) is 9.21 Å². The third-order valence-corrected chi connectivity index (χ3v) is 6.80. The average molecular weight is 444 g/mol. The smallest absolute Gasteiger partial charge is 0.406 e. The molecular formula is C20H23F3N2O4S. The lowest BCUT2D eigenvalue weighted by Crippen LogP contribution is -2.38. The number of amides is 1. The lowest BCUT2D eigenvalue weighted by Gasteiger charge is -2.23. The van der Waals surface area contributed by atoms with Gasteiger partial charge in [-0.3, -0.25) is 4.79 Å². The number of hydrogen-bond donors (Lipinski definition) is 0. The Bertz CT molecular complexity index is 933. The zero-order valence-corrected chi connectivity index (χ0v) is 17.1. The highest BCUT2D eigenvalue weighted by atomic mass is 32.2. The van der Waals surface area contributed by atoms with Gasteiger partial charge in [0.25, 0.3) is 5.91 Å². The Hall–Kier alpha value is -2.33. The summed E-state index contributed by atoms with van der Waals surface area (Å²) in [6.07, 6.45) is 0.255. The second-order valence-corrected chi connectivity index (χ2v) is 9.14. The standard InChI is InChI=1S/C20H23F3N2O4S/c21-20(22,23)15-24(14-17-6-5-13-29-17)19(26)16-7-9-18(10-8-16)30(27,28)25-11-3-1-2-4-12-25/h5-10,13H,1-4,11-12,14-15H2. The van der Waals surface area contributed by atoms with E-state index in [2.05, 4.69) is 0 Å². The predicted molar refractivity (Wildman–Crippen MR) is 103 cm³/mol. The first-order valence-corrected chi connectivity index (χ1v) is 11.1. The van der Waals surface area contributed by atoms with Crippen LogP contribution in [0.3, 0.4) is 0 Å². The number of furan rings is 1. The number of carbonyl (C=O) groups is 1. The Morgan fingerprint density at radius 1 is 1.03 bits per heavy atom. The molecule has 0 spiro atoms. The molecule has 2 heterocycles. The van der Waals surface area contributed by atoms with Crippen molar-refractivity contribution in [2.75, 3.05) is 19.6 Å². The van der Waals surface area contributed by atoms with E-state index in [1.807, 2.05) is 0 Å². The Balaban J connectivity index is 1.79. The van der Waals surface area contributed by atoms with E-state index in [1.54, 1.807) is 0 Å². The van der Waals surface area contributed by atoms with Crippen LogP contribution in [-0.4, -0.2) is 49.3 Å². The summed E-state index contributed by atoms with van der Waals surface area (Å²) in [4.78, 5) is 13.3. The van der Waals surface area contributed by atoms with Crippen molar-refractivity contribution in [3.8, 4) is 0 Å². The van der Waals surface area contributed by atoms with Crippen LogP contribution in [0, 0.1) is 0 Å². The molecule has 0 atom stereocenters. The summed E-state index contributed by atoms with van der Waals surface area (Å²) in [5.41, 5.74) is -0.0272. The van der Waals surface area contributed by atoms with Gasteiger partial charge in [0.15, 0.2) is 0 Å². The third kappa shape index (κ3) is 5.63. The molecule has 0 unspecified atom stereocenters. The molecule has 164 valence electrons. The Morgan fingerprint density at radius 3 is 2.20 bits per heavy atom. The van der Waals surface area contributed by atoms with Gasteiger partial charge in [-0.25, -0.2) is 8.42 Å². The van der Waals surface area contributed by atoms with E-state index in [1.165, 1.54) is 47.0 Å². The molecule has 1 aliphatic rings. The molecule has 0 saturated carbocycles. The molecule has 3 rings (SSSR count). The van der Waals surface area contributed by atoms with E-state index in [0.717, 1.165) is 25.7 Å². The molecule has 0 bridgehead atoms. The molecule has 1 aromatic heterocycles. The van der Waals surface area contributed by atoms with Gasteiger partial charge in [-0.1, -0.05) is 12.8 Å². The highest BCUT2D eigenvalue weighted by molar-refractivity contribution is 7.89. The SMILES string of the molecule is O=C(c1ccc(S(=O)(=O)N2CCCCCC2)cc1)N(Cc1ccco1)CC(F)(F)F. The van der Waals surface area contributed by atoms with Crippen molar-refractivity contribution in [2.45, 2.75) is 43.3 Å². The summed E-state index contributed by atoms with van der Waals surface area (Å²) in [7, 11) is -3.70. The van der Waals surface area contributed by atoms with Gasteiger partial charge < -0.3 is 9.32 Å². The van der Waals surface area contributed by atoms with Crippen molar-refractivity contribution < 1.29 is 30.8 Å². The van der Waals surface area contributed by atoms with Crippen LogP contribution in [0.15, 0.2) is 52.0 Å². The summed E-state index contributed by atoms with van der Waals surface area (Å²) in [5.74, 6) is -0.643. The first-order valence-electron chi connectivity index (χ1n) is 9.65. The quantitative estimate of drug-likeness (QED) is 0.674. The van der Waals surface area contributed by atoms with Gasteiger partial charge in [0.05, 0.1) is 17.7 Å². The molecule has 1 aromatic carbocycles. The summed E-state index contributed by atoms with van der Waals surface area (Å²) >= 11 is 0. The normalized spacial score (nSPS) is 16.2. The minimum Gasteiger partial charge on any atom is -0.467 e. The van der Waals surface area contributed by atoms with Gasteiger partial charge in [-0.05, 0) is 49.2 Å². The number of sulfonamides is 1. The molecule has 6 nitrogen and oxygen atoms in total. The van der Waals surface area contributed by atoms with Gasteiger partial charge in [0.2, 0.25) is 10.0 Å². The number of alkyl halides is 3. The van der Waals surface area contributed by atoms with Gasteiger partial charge >= 0.3 is 6.18 Å². The van der Waals surface area contributed by atoms with E-state index >= 15 is 0 Å². The Morgan fingerprint density at radius 2 is 1.67 bits per heavy atom. The number of carbonyl (C=O) groups excluding carboxylic acids is 1. The molecular weight excluding hydrogens is 421 g/mol. The van der Waals surface area contributed by atoms with E-state index in [-0.39, 0.29) is 22.8 Å². The maximum absolute atomic E-state index is 13.0. The Labute approximate surface area is 173 Å². The van der Waals surface area contributed by atoms with Crippen LogP contribution < -0.4 is 0 Å². The minimum absolute atomic E-state index is 0.0226. The van der Waals surface area contributed by atoms with Crippen LogP contribution in [0.4, 0.5) is 13.2 Å². The molecule has 0 radical (unpaired) electrons. The number of benzene rings is 1. The molecule has 0 aliphatic carbocycles. The van der Waals surface area contributed by atoms with Crippen molar-refractivity contribution in [2.24, 2.45) is 0 Å². The monoisotopic (exact) mass is 444 g/mol. The van der Waals surface area contributed by atoms with E-state index in [0.29, 0.717) is 18.0 Å². The predicted octanol–water partition coefficient (Wildman–Crippen LogP) is 4.05. The van der Waals surface area contributed by atoms with Gasteiger partial charge in [0, 0.05) is 18.7 Å². The second kappa shape index (κ2) is 9.22. The van der Waals surface area contributed by atoms with Crippen LogP contribution in [0.1, 0.15) is 41.8 Å². The van der Waals surface area contributed by atoms with E-state index in [4.69, 9.17) is 4.42 Å². The van der Waals surface area contributed by atoms with Crippen molar-refractivity contribution in [3.63, 3.8) is 0 Å². The van der Waals surface area contributed by atoms with Crippen LogP contribution in [-0.2, 0) is 16.6 Å². The first kappa shape index (κ1) is 22.4. The largest absolute Gasteiger partial charge is 0.467 e. The van der Waals surface area contributed by atoms with Gasteiger partial charge in [0.1, 0.15) is 12.3 Å². The summed E-state index contributed by atoms with van der Waals surface area (Å²) in [6.45, 7) is -0.920. The van der Waals surface area contributed by atoms with Crippen LogP contribution in [0.25, 0.3) is 0 Å². The molecule has 30 heavy (non-hydrogen) atoms. The second-order valence-electron chi connectivity index (χ2n) is 7.20. The van der Waals surface area contributed by atoms with Crippen LogP contribution >= 0.6 is 0 Å². The Kier molecular flexibility index (Phi) is 6.87. The fourth-order valence-corrected chi connectivity index (χ4v) is 4.91. The molecule has 10 heteroatoms. The molecule has 1 fully saturated rings. The lowest BCUT2D eigenvalue weighted by molar-refractivity contribution is -0.142. The maximum Gasteiger partial charge on any atom is 0.406 e. The molecule has 1 amide bonds. The number of hydrogen-bond acceptors (Lipinski definition) is 4. The van der Waals surface area contributed by atoms with Crippen LogP contribution in [0.5, 0.6) is 0 Å². The van der Waals surface area contributed by atoms with Gasteiger partial charge in [-0.15, -0.1) is 0 Å². The summed E-state index contributed by atoms with van der Waals surface area (Å²) < 4.78 is 71.0. The molecule has 0 N–H and O–H groups in total. The lowest BCUT2D eigenvalue weighted by atomic mass is 10.2. The highest BCUT2D eigenvalue weighted by Gasteiger charge is 2.34. The fourth-order valence-electron chi connectivity index (χ4n) is 3.39. The third-order valence-electron chi connectivity index (χ3n) is 4.89. The highest BCUT2D eigenvalue weighted by Crippen LogP contribution is 2.23. The average Bonchev–Trinajstić information content (AvgIpc) is 3.04. The molecule has 1 aliphatic heterocycles. The molecule has 1 saturated heterocycles. The first-order chi connectivity index (χ1) is 14.2. The van der Waals surface area contributed by atoms with E-state index in [9.17, 15) is 26.4 Å². The van der Waals surface area contributed by atoms with Gasteiger partial charge in [-0.2, -0.15) is 17.5 Å². The van der Waals surface area contributed by atoms with Crippen LogP contribution in [0.2, 0.25) is 0 Å². The fraction of sp³-hybridized carbons (Fsp3) is 0.450.